The van der Waals surface area contributed by atoms with E-state index in [1.807, 2.05) is 30.3 Å². The maximum Gasteiger partial charge on any atom is 0.265 e. The van der Waals surface area contributed by atoms with Crippen LogP contribution in [0.3, 0.4) is 0 Å². The molecule has 0 bridgehead atoms. The Morgan fingerprint density at radius 3 is 2.75 bits per heavy atom. The zero-order valence-corrected chi connectivity index (χ0v) is 16.6. The number of nitrogens with zero attached hydrogens (tertiary/aromatic N) is 2. The average Bonchev–Trinajstić information content (AvgIpc) is 3.20. The van der Waals surface area contributed by atoms with E-state index in [0.29, 0.717) is 17.6 Å². The number of aryl methyl sites for hydroxylation is 1. The minimum Gasteiger partial charge on any atom is -0.381 e. The molecule has 0 unspecified atom stereocenters. The SMILES string of the molecule is CC(C)CCc1nc2ccccn2c(=O)c1-c1ccc(N[C@@H]2CCNC2)cc1. The van der Waals surface area contributed by atoms with Crippen LogP contribution in [0.15, 0.2) is 53.5 Å². The van der Waals surface area contributed by atoms with Gasteiger partial charge in [-0.15, -0.1) is 0 Å². The van der Waals surface area contributed by atoms with Crippen LogP contribution in [0.5, 0.6) is 0 Å². The van der Waals surface area contributed by atoms with Crippen LogP contribution in [-0.2, 0) is 6.42 Å². The highest BCUT2D eigenvalue weighted by molar-refractivity contribution is 5.69. The van der Waals surface area contributed by atoms with Crippen molar-refractivity contribution in [2.24, 2.45) is 5.92 Å². The van der Waals surface area contributed by atoms with E-state index >= 15 is 0 Å². The van der Waals surface area contributed by atoms with Crippen LogP contribution < -0.4 is 16.2 Å². The molecule has 0 amide bonds. The summed E-state index contributed by atoms with van der Waals surface area (Å²) in [5, 5.41) is 6.93. The zero-order valence-electron chi connectivity index (χ0n) is 16.6. The molecule has 3 heterocycles. The lowest BCUT2D eigenvalue weighted by molar-refractivity contribution is 0.581. The predicted octanol–water partition coefficient (Wildman–Crippen LogP) is 3.72. The van der Waals surface area contributed by atoms with Crippen LogP contribution in [0.25, 0.3) is 16.8 Å². The minimum atomic E-state index is 0.00468. The quantitative estimate of drug-likeness (QED) is 0.688. The van der Waals surface area contributed by atoms with Crippen molar-refractivity contribution >= 4 is 11.3 Å². The van der Waals surface area contributed by atoms with Gasteiger partial charge in [0, 0.05) is 24.5 Å². The number of nitrogens with one attached hydrogen (secondary N) is 2. The highest BCUT2D eigenvalue weighted by Gasteiger charge is 2.16. The van der Waals surface area contributed by atoms with Crippen LogP contribution in [0, 0.1) is 5.92 Å². The lowest BCUT2D eigenvalue weighted by atomic mass is 9.99. The lowest BCUT2D eigenvalue weighted by Gasteiger charge is -2.15. The molecule has 1 aromatic carbocycles. The standard InChI is InChI=1S/C23H28N4O/c1-16(2)6-11-20-22(23(28)27-14-4-3-5-21(27)26-20)17-7-9-18(10-8-17)25-19-12-13-24-15-19/h3-5,7-10,14,16,19,24-25H,6,11-13,15H2,1-2H3/t19-/m1/s1. The van der Waals surface area contributed by atoms with Crippen molar-refractivity contribution in [2.75, 3.05) is 18.4 Å². The molecular formula is C23H28N4O. The number of benzene rings is 1. The van der Waals surface area contributed by atoms with Gasteiger partial charge in [-0.05, 0) is 61.6 Å². The van der Waals surface area contributed by atoms with Gasteiger partial charge in [0.1, 0.15) is 5.65 Å². The van der Waals surface area contributed by atoms with Crippen molar-refractivity contribution < 1.29 is 0 Å². The van der Waals surface area contributed by atoms with Crippen LogP contribution in [0.1, 0.15) is 32.4 Å². The van der Waals surface area contributed by atoms with Crippen molar-refractivity contribution in [3.05, 3.63) is 64.7 Å². The monoisotopic (exact) mass is 376 g/mol. The summed E-state index contributed by atoms with van der Waals surface area (Å²) in [5.41, 5.74) is 4.36. The highest BCUT2D eigenvalue weighted by Crippen LogP contribution is 2.24. The van der Waals surface area contributed by atoms with E-state index in [9.17, 15) is 4.79 Å². The first-order valence-electron chi connectivity index (χ1n) is 10.2. The molecule has 5 nitrogen and oxygen atoms in total. The van der Waals surface area contributed by atoms with Crippen molar-refractivity contribution in [3.8, 4) is 11.1 Å². The Morgan fingerprint density at radius 2 is 2.04 bits per heavy atom. The molecule has 0 saturated carbocycles. The van der Waals surface area contributed by atoms with Gasteiger partial charge in [0.15, 0.2) is 0 Å². The summed E-state index contributed by atoms with van der Waals surface area (Å²) in [7, 11) is 0. The Balaban J connectivity index is 1.72. The first kappa shape index (κ1) is 18.7. The fourth-order valence-corrected chi connectivity index (χ4v) is 3.78. The number of fused-ring (bicyclic) bond motifs is 1. The van der Waals surface area contributed by atoms with Gasteiger partial charge in [0.25, 0.3) is 5.56 Å². The topological polar surface area (TPSA) is 58.4 Å². The summed E-state index contributed by atoms with van der Waals surface area (Å²) in [4.78, 5) is 18.1. The molecule has 1 aliphatic heterocycles. The molecule has 1 fully saturated rings. The van der Waals surface area contributed by atoms with Crippen LogP contribution in [0.4, 0.5) is 5.69 Å². The van der Waals surface area contributed by atoms with Gasteiger partial charge in [-0.25, -0.2) is 4.98 Å². The number of aromatic nitrogens is 2. The number of hydrogen-bond donors (Lipinski definition) is 2. The van der Waals surface area contributed by atoms with E-state index in [2.05, 4.69) is 36.6 Å². The van der Waals surface area contributed by atoms with E-state index in [1.54, 1.807) is 10.6 Å². The largest absolute Gasteiger partial charge is 0.381 e. The van der Waals surface area contributed by atoms with Crippen molar-refractivity contribution in [3.63, 3.8) is 0 Å². The molecule has 2 aromatic heterocycles. The van der Waals surface area contributed by atoms with E-state index in [-0.39, 0.29) is 5.56 Å². The number of hydrogen-bond acceptors (Lipinski definition) is 4. The van der Waals surface area contributed by atoms with Crippen molar-refractivity contribution in [1.82, 2.24) is 14.7 Å². The van der Waals surface area contributed by atoms with Gasteiger partial charge < -0.3 is 10.6 Å². The molecule has 1 atom stereocenters. The second-order valence-electron chi connectivity index (χ2n) is 8.01. The lowest BCUT2D eigenvalue weighted by Crippen LogP contribution is -2.22. The molecule has 5 heteroatoms. The maximum atomic E-state index is 13.3. The third-order valence-corrected chi connectivity index (χ3v) is 5.37. The summed E-state index contributed by atoms with van der Waals surface area (Å²) in [6.45, 7) is 6.46. The first-order valence-corrected chi connectivity index (χ1v) is 10.2. The fraction of sp³-hybridized carbons (Fsp3) is 0.391. The maximum absolute atomic E-state index is 13.3. The zero-order chi connectivity index (χ0) is 19.5. The van der Waals surface area contributed by atoms with Crippen molar-refractivity contribution in [1.29, 1.82) is 0 Å². The molecular weight excluding hydrogens is 348 g/mol. The molecule has 2 N–H and O–H groups in total. The van der Waals surface area contributed by atoms with Crippen LogP contribution >= 0.6 is 0 Å². The van der Waals surface area contributed by atoms with E-state index in [1.165, 1.54) is 0 Å². The first-order chi connectivity index (χ1) is 13.6. The average molecular weight is 377 g/mol. The minimum absolute atomic E-state index is 0.00468. The summed E-state index contributed by atoms with van der Waals surface area (Å²) < 4.78 is 1.64. The molecule has 1 aliphatic rings. The van der Waals surface area contributed by atoms with Gasteiger partial charge in [0.05, 0.1) is 11.3 Å². The van der Waals surface area contributed by atoms with E-state index < -0.39 is 0 Å². The fourth-order valence-electron chi connectivity index (χ4n) is 3.78. The number of pyridine rings is 1. The van der Waals surface area contributed by atoms with E-state index in [0.717, 1.165) is 54.9 Å². The highest BCUT2D eigenvalue weighted by atomic mass is 16.1. The Hall–Kier alpha value is -2.66. The number of anilines is 1. The van der Waals surface area contributed by atoms with Gasteiger partial charge in [-0.3, -0.25) is 9.20 Å². The molecule has 4 rings (SSSR count). The molecule has 0 spiro atoms. The smallest absolute Gasteiger partial charge is 0.265 e. The van der Waals surface area contributed by atoms with E-state index in [4.69, 9.17) is 4.98 Å². The summed E-state index contributed by atoms with van der Waals surface area (Å²) in [6, 6.07) is 14.4. The Labute approximate surface area is 165 Å². The van der Waals surface area contributed by atoms with Crippen molar-refractivity contribution in [2.45, 2.75) is 39.2 Å². The molecule has 3 aromatic rings. The summed E-state index contributed by atoms with van der Waals surface area (Å²) >= 11 is 0. The molecule has 28 heavy (non-hydrogen) atoms. The van der Waals surface area contributed by atoms with Crippen LogP contribution in [-0.4, -0.2) is 28.5 Å². The Morgan fingerprint density at radius 1 is 1.21 bits per heavy atom. The summed E-state index contributed by atoms with van der Waals surface area (Å²) in [6.07, 6.45) is 4.75. The van der Waals surface area contributed by atoms with Gasteiger partial charge in [0.2, 0.25) is 0 Å². The normalized spacial score (nSPS) is 16.8. The van der Waals surface area contributed by atoms with Gasteiger partial charge in [-0.2, -0.15) is 0 Å². The second kappa shape index (κ2) is 8.15. The third-order valence-electron chi connectivity index (χ3n) is 5.37. The Kier molecular flexibility index (Phi) is 5.44. The Bertz CT molecular complexity index is 1000. The third kappa shape index (κ3) is 3.94. The molecule has 1 saturated heterocycles. The number of rotatable bonds is 6. The molecule has 0 radical (unpaired) electrons. The molecule has 0 aliphatic carbocycles. The van der Waals surface area contributed by atoms with Crippen LogP contribution in [0.2, 0.25) is 0 Å². The summed E-state index contributed by atoms with van der Waals surface area (Å²) in [5.74, 6) is 0.565. The van der Waals surface area contributed by atoms with Gasteiger partial charge >= 0.3 is 0 Å². The second-order valence-corrected chi connectivity index (χ2v) is 8.01. The predicted molar refractivity (Wildman–Crippen MR) is 115 cm³/mol. The molecule has 146 valence electrons. The van der Waals surface area contributed by atoms with Gasteiger partial charge in [-0.1, -0.05) is 32.0 Å².